The van der Waals surface area contributed by atoms with Gasteiger partial charge in [0.15, 0.2) is 9.84 Å². The van der Waals surface area contributed by atoms with E-state index in [-0.39, 0.29) is 12.0 Å². The van der Waals surface area contributed by atoms with Crippen LogP contribution in [0, 0.1) is 11.8 Å². The van der Waals surface area contributed by atoms with Crippen molar-refractivity contribution < 1.29 is 8.42 Å². The number of rotatable bonds is 2. The quantitative estimate of drug-likeness (QED) is 0.899. The summed E-state index contributed by atoms with van der Waals surface area (Å²) in [6.45, 7) is 4.15. The second-order valence-electron chi connectivity index (χ2n) is 5.16. The minimum atomic E-state index is -3.25. The maximum atomic E-state index is 12.5. The summed E-state index contributed by atoms with van der Waals surface area (Å²) in [4.78, 5) is 0. The van der Waals surface area contributed by atoms with E-state index < -0.39 is 15.1 Å². The van der Waals surface area contributed by atoms with Gasteiger partial charge in [0.1, 0.15) is 4.21 Å². The topological polar surface area (TPSA) is 60.2 Å². The van der Waals surface area contributed by atoms with Crippen molar-refractivity contribution in [2.24, 2.45) is 17.6 Å². The Morgan fingerprint density at radius 3 is 2.59 bits per heavy atom. The molecule has 1 heterocycles. The van der Waals surface area contributed by atoms with Gasteiger partial charge in [0.05, 0.1) is 5.25 Å². The van der Waals surface area contributed by atoms with Crippen LogP contribution in [-0.2, 0) is 9.84 Å². The maximum absolute atomic E-state index is 12.5. The molecule has 96 valence electrons. The summed E-state index contributed by atoms with van der Waals surface area (Å²) >= 11 is 1.28. The summed E-state index contributed by atoms with van der Waals surface area (Å²) in [5.74, 6) is 0.663. The minimum absolute atomic E-state index is 0.140. The Morgan fingerprint density at radius 2 is 2.06 bits per heavy atom. The van der Waals surface area contributed by atoms with E-state index >= 15 is 0 Å². The van der Waals surface area contributed by atoms with Gasteiger partial charge in [-0.25, -0.2) is 8.42 Å². The molecular weight excluding hydrogens is 254 g/mol. The highest BCUT2D eigenvalue weighted by Gasteiger charge is 2.41. The molecule has 1 aromatic heterocycles. The second kappa shape index (κ2) is 4.71. The van der Waals surface area contributed by atoms with Crippen LogP contribution in [0.5, 0.6) is 0 Å². The largest absolute Gasteiger partial charge is 0.326 e. The predicted octanol–water partition coefficient (Wildman–Crippen LogP) is 2.28. The first kappa shape index (κ1) is 13.1. The lowest BCUT2D eigenvalue weighted by atomic mass is 9.80. The van der Waals surface area contributed by atoms with Crippen molar-refractivity contribution in [3.63, 3.8) is 0 Å². The van der Waals surface area contributed by atoms with Gasteiger partial charge in [0, 0.05) is 6.04 Å². The van der Waals surface area contributed by atoms with Gasteiger partial charge in [0.25, 0.3) is 0 Å². The molecule has 0 aliphatic heterocycles. The standard InChI is InChI=1S/C12H19NO2S2/c1-8-6-9(2)12(10(13)7-8)17(14,15)11-4-3-5-16-11/h3-5,8-10,12H,6-7,13H2,1-2H3. The van der Waals surface area contributed by atoms with Crippen LogP contribution in [-0.4, -0.2) is 19.7 Å². The van der Waals surface area contributed by atoms with E-state index in [1.165, 1.54) is 11.3 Å². The number of sulfone groups is 1. The molecule has 0 spiro atoms. The van der Waals surface area contributed by atoms with Crippen LogP contribution in [0.4, 0.5) is 0 Å². The smallest absolute Gasteiger partial charge is 0.192 e. The fourth-order valence-electron chi connectivity index (χ4n) is 2.98. The van der Waals surface area contributed by atoms with Gasteiger partial charge < -0.3 is 5.73 Å². The third-order valence-electron chi connectivity index (χ3n) is 3.57. The molecule has 0 saturated heterocycles. The Balaban J connectivity index is 2.33. The van der Waals surface area contributed by atoms with Gasteiger partial charge in [-0.15, -0.1) is 11.3 Å². The summed E-state index contributed by atoms with van der Waals surface area (Å²) in [5, 5.41) is 1.38. The number of hydrogen-bond acceptors (Lipinski definition) is 4. The Bertz CT molecular complexity index is 455. The zero-order valence-corrected chi connectivity index (χ0v) is 11.8. The van der Waals surface area contributed by atoms with Crippen molar-refractivity contribution >= 4 is 21.2 Å². The van der Waals surface area contributed by atoms with Crippen molar-refractivity contribution in [1.29, 1.82) is 0 Å². The normalized spacial score (nSPS) is 34.8. The fraction of sp³-hybridized carbons (Fsp3) is 0.667. The molecule has 5 heteroatoms. The van der Waals surface area contributed by atoms with Crippen LogP contribution in [0.3, 0.4) is 0 Å². The maximum Gasteiger partial charge on any atom is 0.192 e. The van der Waals surface area contributed by atoms with E-state index in [2.05, 4.69) is 6.92 Å². The lowest BCUT2D eigenvalue weighted by Crippen LogP contribution is -2.49. The molecular formula is C12H19NO2S2. The molecule has 1 aliphatic carbocycles. The van der Waals surface area contributed by atoms with Gasteiger partial charge >= 0.3 is 0 Å². The third-order valence-corrected chi connectivity index (χ3v) is 7.44. The van der Waals surface area contributed by atoms with Gasteiger partial charge in [-0.3, -0.25) is 0 Å². The molecule has 4 unspecified atom stereocenters. The summed E-state index contributed by atoms with van der Waals surface area (Å²) < 4.78 is 25.5. The van der Waals surface area contributed by atoms with Crippen LogP contribution in [0.1, 0.15) is 26.7 Å². The van der Waals surface area contributed by atoms with Gasteiger partial charge in [-0.2, -0.15) is 0 Å². The molecule has 0 radical (unpaired) electrons. The van der Waals surface area contributed by atoms with Crippen molar-refractivity contribution in [3.05, 3.63) is 17.5 Å². The monoisotopic (exact) mass is 273 g/mol. The molecule has 1 aromatic rings. The highest BCUT2D eigenvalue weighted by Crippen LogP contribution is 2.36. The van der Waals surface area contributed by atoms with Gasteiger partial charge in [0.2, 0.25) is 0 Å². The zero-order chi connectivity index (χ0) is 12.6. The highest BCUT2D eigenvalue weighted by atomic mass is 32.2. The van der Waals surface area contributed by atoms with Crippen molar-refractivity contribution in [3.8, 4) is 0 Å². The summed E-state index contributed by atoms with van der Waals surface area (Å²) in [6.07, 6.45) is 1.75. The molecule has 0 bridgehead atoms. The molecule has 1 saturated carbocycles. The van der Waals surface area contributed by atoms with Crippen molar-refractivity contribution in [2.75, 3.05) is 0 Å². The summed E-state index contributed by atoms with van der Waals surface area (Å²) in [6, 6.07) is 3.22. The fourth-order valence-corrected chi connectivity index (χ4v) is 6.30. The summed E-state index contributed by atoms with van der Waals surface area (Å²) in [5.41, 5.74) is 6.08. The van der Waals surface area contributed by atoms with E-state index in [9.17, 15) is 8.42 Å². The lowest BCUT2D eigenvalue weighted by molar-refractivity contribution is 0.271. The van der Waals surface area contributed by atoms with E-state index in [1.54, 1.807) is 17.5 Å². The Morgan fingerprint density at radius 1 is 1.35 bits per heavy atom. The van der Waals surface area contributed by atoms with Crippen LogP contribution in [0.15, 0.2) is 21.7 Å². The van der Waals surface area contributed by atoms with E-state index in [4.69, 9.17) is 5.73 Å². The first-order chi connectivity index (χ1) is 7.93. The van der Waals surface area contributed by atoms with Gasteiger partial charge in [-0.1, -0.05) is 19.9 Å². The SMILES string of the molecule is CC1CC(C)C(S(=O)(=O)c2cccs2)C(N)C1. The Kier molecular flexibility index (Phi) is 3.61. The third kappa shape index (κ3) is 2.41. The van der Waals surface area contributed by atoms with E-state index in [0.29, 0.717) is 10.1 Å². The lowest BCUT2D eigenvalue weighted by Gasteiger charge is -2.36. The molecule has 4 atom stereocenters. The molecule has 3 nitrogen and oxygen atoms in total. The molecule has 1 aliphatic rings. The average molecular weight is 273 g/mol. The Labute approximate surface area is 107 Å². The highest BCUT2D eigenvalue weighted by molar-refractivity contribution is 7.94. The van der Waals surface area contributed by atoms with Crippen LogP contribution >= 0.6 is 11.3 Å². The molecule has 0 aromatic carbocycles. The van der Waals surface area contributed by atoms with Crippen LogP contribution in [0.25, 0.3) is 0 Å². The average Bonchev–Trinajstić information content (AvgIpc) is 2.67. The summed E-state index contributed by atoms with van der Waals surface area (Å²) in [7, 11) is -3.25. The molecule has 0 amide bonds. The number of nitrogens with two attached hydrogens (primary N) is 1. The first-order valence-electron chi connectivity index (χ1n) is 5.96. The number of thiophene rings is 1. The molecule has 17 heavy (non-hydrogen) atoms. The second-order valence-corrected chi connectivity index (χ2v) is 8.44. The Hall–Kier alpha value is -0.390. The molecule has 2 rings (SSSR count). The minimum Gasteiger partial charge on any atom is -0.326 e. The van der Waals surface area contributed by atoms with Crippen LogP contribution in [0.2, 0.25) is 0 Å². The predicted molar refractivity (Wildman–Crippen MR) is 70.8 cm³/mol. The van der Waals surface area contributed by atoms with Crippen molar-refractivity contribution in [2.45, 2.75) is 42.2 Å². The number of hydrogen-bond donors (Lipinski definition) is 1. The first-order valence-corrected chi connectivity index (χ1v) is 8.38. The molecule has 2 N–H and O–H groups in total. The van der Waals surface area contributed by atoms with Crippen LogP contribution < -0.4 is 5.73 Å². The molecule has 1 fully saturated rings. The zero-order valence-electron chi connectivity index (χ0n) is 10.2. The van der Waals surface area contributed by atoms with E-state index in [1.807, 2.05) is 6.92 Å². The van der Waals surface area contributed by atoms with Crippen molar-refractivity contribution in [1.82, 2.24) is 0 Å². The van der Waals surface area contributed by atoms with E-state index in [0.717, 1.165) is 12.8 Å². The van der Waals surface area contributed by atoms with Gasteiger partial charge in [-0.05, 0) is 36.1 Å².